The predicted octanol–water partition coefficient (Wildman–Crippen LogP) is 2.20. The number of aromatic nitrogens is 2. The normalized spacial score (nSPS) is 17.3. The quantitative estimate of drug-likeness (QED) is 0.901. The van der Waals surface area contributed by atoms with Gasteiger partial charge in [0, 0.05) is 30.4 Å². The van der Waals surface area contributed by atoms with Gasteiger partial charge in [-0.1, -0.05) is 11.6 Å². The van der Waals surface area contributed by atoms with Crippen molar-refractivity contribution in [3.05, 3.63) is 52.7 Å². The monoisotopic (exact) mass is 363 g/mol. The maximum Gasteiger partial charge on any atom is 0.256 e. The number of likely N-dealkylation sites (N-methyl/N-ethyl adjacent to an activating group) is 1. The van der Waals surface area contributed by atoms with Crippen molar-refractivity contribution >= 4 is 23.3 Å². The molecule has 1 aromatic heterocycles. The van der Waals surface area contributed by atoms with Gasteiger partial charge < -0.3 is 10.6 Å². The first kappa shape index (κ1) is 17.6. The molecule has 0 bridgehead atoms. The number of nitrogen functional groups attached to an aromatic ring is 1. The average molecular weight is 364 g/mol. The number of hydrogen-bond acceptors (Lipinski definition) is 5. The molecule has 1 fully saturated rings. The van der Waals surface area contributed by atoms with Gasteiger partial charge in [0.1, 0.15) is 17.5 Å². The summed E-state index contributed by atoms with van der Waals surface area (Å²) in [6.07, 6.45) is 2.42. The lowest BCUT2D eigenvalue weighted by molar-refractivity contribution is 0.0774. The topological polar surface area (TPSA) is 75.4 Å². The molecule has 1 aliphatic heterocycles. The number of nitrogens with two attached hydrogens (primary N) is 1. The van der Waals surface area contributed by atoms with Gasteiger partial charge in [-0.25, -0.2) is 14.4 Å². The molecule has 0 saturated carbocycles. The number of anilines is 1. The molecule has 2 aromatic rings. The lowest BCUT2D eigenvalue weighted by atomic mass is 10.2. The molecule has 2 heterocycles. The number of carbonyl (C=O) groups is 1. The average Bonchev–Trinajstić information content (AvgIpc) is 3.06. The number of likely N-dealkylation sites (tertiary alicyclic amines) is 1. The van der Waals surface area contributed by atoms with Gasteiger partial charge in [-0.3, -0.25) is 9.69 Å². The molecule has 3 rings (SSSR count). The van der Waals surface area contributed by atoms with E-state index in [-0.39, 0.29) is 17.5 Å². The maximum atomic E-state index is 13.9. The standard InChI is InChI=1S/C17H19ClFN5O/c1-23(10-16-21-6-4-15(20)22-16)12-5-7-24(9-12)17(25)13-8-11(18)2-3-14(13)19/h2-4,6,8,12H,5,7,9-10H2,1H3,(H2,20,21,22). The van der Waals surface area contributed by atoms with E-state index in [0.29, 0.717) is 36.3 Å². The van der Waals surface area contributed by atoms with Crippen molar-refractivity contribution in [3.63, 3.8) is 0 Å². The van der Waals surface area contributed by atoms with Gasteiger partial charge in [0.2, 0.25) is 0 Å². The number of benzene rings is 1. The molecule has 1 saturated heterocycles. The van der Waals surface area contributed by atoms with Crippen molar-refractivity contribution < 1.29 is 9.18 Å². The molecule has 132 valence electrons. The van der Waals surface area contributed by atoms with Gasteiger partial charge in [0.15, 0.2) is 0 Å². The zero-order valence-electron chi connectivity index (χ0n) is 13.8. The summed E-state index contributed by atoms with van der Waals surface area (Å²) in [6, 6.07) is 5.80. The van der Waals surface area contributed by atoms with Crippen LogP contribution in [0.3, 0.4) is 0 Å². The van der Waals surface area contributed by atoms with Gasteiger partial charge in [0.05, 0.1) is 12.1 Å². The predicted molar refractivity (Wildman–Crippen MR) is 93.6 cm³/mol. The SMILES string of the molecule is CN(Cc1nccc(N)n1)C1CCN(C(=O)c2cc(Cl)ccc2F)C1. The van der Waals surface area contributed by atoms with Crippen LogP contribution in [0, 0.1) is 5.82 Å². The van der Waals surface area contributed by atoms with Crippen molar-refractivity contribution in [3.8, 4) is 0 Å². The molecule has 8 heteroatoms. The molecule has 1 aromatic carbocycles. The lowest BCUT2D eigenvalue weighted by Crippen LogP contribution is -2.36. The van der Waals surface area contributed by atoms with E-state index < -0.39 is 5.82 Å². The minimum Gasteiger partial charge on any atom is -0.384 e. The van der Waals surface area contributed by atoms with E-state index in [2.05, 4.69) is 14.9 Å². The minimum atomic E-state index is -0.556. The summed E-state index contributed by atoms with van der Waals surface area (Å²) in [5, 5.41) is 0.344. The van der Waals surface area contributed by atoms with E-state index in [0.717, 1.165) is 6.42 Å². The van der Waals surface area contributed by atoms with Gasteiger partial charge in [-0.05, 0) is 37.7 Å². The van der Waals surface area contributed by atoms with Gasteiger partial charge in [-0.15, -0.1) is 0 Å². The first-order valence-electron chi connectivity index (χ1n) is 7.96. The highest BCUT2D eigenvalue weighted by atomic mass is 35.5. The van der Waals surface area contributed by atoms with Crippen LogP contribution in [0.1, 0.15) is 22.6 Å². The first-order chi connectivity index (χ1) is 11.9. The fourth-order valence-corrected chi connectivity index (χ4v) is 3.13. The van der Waals surface area contributed by atoms with E-state index >= 15 is 0 Å². The Morgan fingerprint density at radius 3 is 3.04 bits per heavy atom. The van der Waals surface area contributed by atoms with Crippen LogP contribution in [0.4, 0.5) is 10.2 Å². The Hall–Kier alpha value is -2.25. The molecule has 1 atom stereocenters. The summed E-state index contributed by atoms with van der Waals surface area (Å²) in [7, 11) is 1.95. The van der Waals surface area contributed by atoms with Crippen molar-refractivity contribution in [2.45, 2.75) is 19.0 Å². The van der Waals surface area contributed by atoms with Crippen LogP contribution in [0.15, 0.2) is 30.5 Å². The Bertz CT molecular complexity index is 787. The number of carbonyl (C=O) groups excluding carboxylic acids is 1. The van der Waals surface area contributed by atoms with Crippen LogP contribution in [-0.4, -0.2) is 51.9 Å². The Morgan fingerprint density at radius 1 is 1.48 bits per heavy atom. The van der Waals surface area contributed by atoms with Crippen LogP contribution in [0.2, 0.25) is 5.02 Å². The molecule has 1 amide bonds. The second kappa shape index (κ2) is 7.33. The minimum absolute atomic E-state index is 0.00923. The van der Waals surface area contributed by atoms with Crippen molar-refractivity contribution in [1.82, 2.24) is 19.8 Å². The fraction of sp³-hybridized carbons (Fsp3) is 0.353. The summed E-state index contributed by atoms with van der Waals surface area (Å²) < 4.78 is 13.9. The lowest BCUT2D eigenvalue weighted by Gasteiger charge is -2.24. The summed E-state index contributed by atoms with van der Waals surface area (Å²) in [5.41, 5.74) is 5.68. The van der Waals surface area contributed by atoms with Gasteiger partial charge in [0.25, 0.3) is 5.91 Å². The van der Waals surface area contributed by atoms with Crippen molar-refractivity contribution in [2.24, 2.45) is 0 Å². The number of rotatable bonds is 4. The second-order valence-corrected chi connectivity index (χ2v) is 6.57. The van der Waals surface area contributed by atoms with E-state index in [9.17, 15) is 9.18 Å². The van der Waals surface area contributed by atoms with Crippen LogP contribution in [-0.2, 0) is 6.54 Å². The van der Waals surface area contributed by atoms with Crippen LogP contribution in [0.5, 0.6) is 0 Å². The summed E-state index contributed by atoms with van der Waals surface area (Å²) >= 11 is 5.88. The number of halogens is 2. The Morgan fingerprint density at radius 2 is 2.28 bits per heavy atom. The summed E-state index contributed by atoms with van der Waals surface area (Å²) in [4.78, 5) is 24.7. The number of amides is 1. The molecular formula is C17H19ClFN5O. The van der Waals surface area contributed by atoms with Crippen LogP contribution >= 0.6 is 11.6 Å². The smallest absolute Gasteiger partial charge is 0.256 e. The van der Waals surface area contributed by atoms with Crippen molar-refractivity contribution in [1.29, 1.82) is 0 Å². The second-order valence-electron chi connectivity index (χ2n) is 6.13. The van der Waals surface area contributed by atoms with E-state index in [4.69, 9.17) is 17.3 Å². The third-order valence-corrected chi connectivity index (χ3v) is 4.59. The molecular weight excluding hydrogens is 345 g/mol. The zero-order chi connectivity index (χ0) is 18.0. The largest absolute Gasteiger partial charge is 0.384 e. The van der Waals surface area contributed by atoms with Gasteiger partial charge in [-0.2, -0.15) is 0 Å². The highest BCUT2D eigenvalue weighted by Crippen LogP contribution is 2.21. The third kappa shape index (κ3) is 4.05. The Labute approximate surface area is 150 Å². The van der Waals surface area contributed by atoms with Crippen LogP contribution in [0.25, 0.3) is 0 Å². The molecule has 0 spiro atoms. The summed E-state index contributed by atoms with van der Waals surface area (Å²) in [5.74, 6) is 0.168. The number of nitrogens with zero attached hydrogens (tertiary/aromatic N) is 4. The Kier molecular flexibility index (Phi) is 5.15. The molecule has 25 heavy (non-hydrogen) atoms. The van der Waals surface area contributed by atoms with E-state index in [1.807, 2.05) is 7.05 Å². The highest BCUT2D eigenvalue weighted by molar-refractivity contribution is 6.31. The van der Waals surface area contributed by atoms with E-state index in [1.165, 1.54) is 18.2 Å². The fourth-order valence-electron chi connectivity index (χ4n) is 2.96. The van der Waals surface area contributed by atoms with E-state index in [1.54, 1.807) is 17.2 Å². The number of hydrogen-bond donors (Lipinski definition) is 1. The summed E-state index contributed by atoms with van der Waals surface area (Å²) in [6.45, 7) is 1.62. The molecule has 6 nitrogen and oxygen atoms in total. The zero-order valence-corrected chi connectivity index (χ0v) is 14.6. The maximum absolute atomic E-state index is 13.9. The van der Waals surface area contributed by atoms with Crippen LogP contribution < -0.4 is 5.73 Å². The van der Waals surface area contributed by atoms with Crippen molar-refractivity contribution in [2.75, 3.05) is 25.9 Å². The van der Waals surface area contributed by atoms with Gasteiger partial charge >= 0.3 is 0 Å². The third-order valence-electron chi connectivity index (χ3n) is 4.35. The molecule has 0 radical (unpaired) electrons. The molecule has 0 aliphatic carbocycles. The molecule has 2 N–H and O–H groups in total. The molecule has 1 aliphatic rings. The highest BCUT2D eigenvalue weighted by Gasteiger charge is 2.30. The first-order valence-corrected chi connectivity index (χ1v) is 8.34. The Balaban J connectivity index is 1.64. The molecule has 1 unspecified atom stereocenters.